The lowest BCUT2D eigenvalue weighted by molar-refractivity contribution is -0.138. The van der Waals surface area contributed by atoms with Gasteiger partial charge in [-0.1, -0.05) is 107 Å². The molecule has 0 bridgehead atoms. The molecule has 0 spiro atoms. The Hall–Kier alpha value is -14.2. The van der Waals surface area contributed by atoms with Crippen LogP contribution in [0.4, 0.5) is 34.1 Å². The van der Waals surface area contributed by atoms with E-state index < -0.39 is 41.8 Å². The third-order valence-corrected chi connectivity index (χ3v) is 22.8. The van der Waals surface area contributed by atoms with Crippen molar-refractivity contribution >= 4 is 117 Å². The molecule has 33 heteroatoms. The van der Waals surface area contributed by atoms with Crippen molar-refractivity contribution in [3.8, 4) is 5.75 Å². The number of benzene rings is 8. The second-order valence-corrected chi connectivity index (χ2v) is 32.9. The Balaban J connectivity index is 0.00000159. The van der Waals surface area contributed by atoms with Crippen molar-refractivity contribution in [3.63, 3.8) is 0 Å². The van der Waals surface area contributed by atoms with Crippen LogP contribution in [0.5, 0.6) is 5.75 Å². The van der Waals surface area contributed by atoms with Crippen LogP contribution in [0.2, 0.25) is 0 Å². The molecule has 6 aliphatic rings. The maximum Gasteiger partial charge on any atom is 0.346 e. The second kappa shape index (κ2) is 61.8. The van der Waals surface area contributed by atoms with E-state index in [0.717, 1.165) is 76.9 Å². The molecule has 760 valence electrons. The van der Waals surface area contributed by atoms with Gasteiger partial charge < -0.3 is 80.0 Å². The van der Waals surface area contributed by atoms with Crippen LogP contribution in [0.15, 0.2) is 133 Å². The van der Waals surface area contributed by atoms with Crippen LogP contribution in [0.25, 0.3) is 0 Å². The highest BCUT2D eigenvalue weighted by atomic mass is 16.6. The van der Waals surface area contributed by atoms with Gasteiger partial charge in [0.1, 0.15) is 5.75 Å². The number of phenolic OH excluding ortho intramolecular Hbond substituents is 1. The minimum atomic E-state index is -1.22. The number of nitrogen functional groups attached to an aromatic ring is 5. The Morgan fingerprint density at radius 1 is 0.345 bits per heavy atom. The number of unbranched alkanes of at least 4 members (excludes halogenated alkanes) is 5. The van der Waals surface area contributed by atoms with Crippen LogP contribution in [-0.4, -0.2) is 197 Å². The topological polar surface area (TPSA) is 554 Å². The highest BCUT2D eigenvalue weighted by Crippen LogP contribution is 2.34. The van der Waals surface area contributed by atoms with Gasteiger partial charge >= 0.3 is 41.8 Å². The summed E-state index contributed by atoms with van der Waals surface area (Å²) in [6.07, 6.45) is 13.9. The molecule has 33 nitrogen and oxygen atoms in total. The first kappa shape index (κ1) is 125. The van der Waals surface area contributed by atoms with E-state index >= 15 is 0 Å². The number of hydrogen-bond donors (Lipinski definition) is 13. The Morgan fingerprint density at radius 2 is 0.626 bits per heavy atom. The van der Waals surface area contributed by atoms with Gasteiger partial charge in [0, 0.05) is 57.4 Å². The summed E-state index contributed by atoms with van der Waals surface area (Å²) in [4.78, 5) is 169. The number of aromatic carboxylic acids is 2. The number of rotatable bonds is 26. The fourth-order valence-electron chi connectivity index (χ4n) is 14.5. The maximum absolute atomic E-state index is 12.7. The van der Waals surface area contributed by atoms with E-state index in [1.807, 2.05) is 65.8 Å². The monoisotopic (exact) mass is 1930 g/mol. The number of imide groups is 3. The van der Waals surface area contributed by atoms with Crippen LogP contribution < -0.4 is 39.7 Å². The maximum atomic E-state index is 12.7. The van der Waals surface area contributed by atoms with Crippen LogP contribution >= 0.6 is 0 Å². The van der Waals surface area contributed by atoms with Gasteiger partial charge in [-0.2, -0.15) is 0 Å². The molecule has 0 saturated carbocycles. The number of nitrogens with zero attached hydrogens (tertiary/aromatic N) is 5. The molecule has 6 aliphatic heterocycles. The number of anilines is 6. The largest absolute Gasteiger partial charge is 0.508 e. The number of likely N-dealkylation sites (tertiary alicyclic amines) is 2. The number of carbonyl (C=O) groups excluding carboxylic acids is 9. The number of esters is 2. The summed E-state index contributed by atoms with van der Waals surface area (Å²) in [7, 11) is 0. The zero-order valence-electron chi connectivity index (χ0n) is 77.2. The summed E-state index contributed by atoms with van der Waals surface area (Å²) in [6.45, 7) is 25.1. The molecule has 7 amide bonds. The van der Waals surface area contributed by atoms with Gasteiger partial charge in [0.2, 0.25) is 5.91 Å². The summed E-state index contributed by atoms with van der Waals surface area (Å²) < 4.78 is 4.46. The van der Waals surface area contributed by atoms with Gasteiger partial charge in [-0.3, -0.25) is 67.5 Å². The molecule has 0 aliphatic carbocycles. The van der Waals surface area contributed by atoms with Gasteiger partial charge in [0.25, 0.3) is 35.4 Å². The molecule has 0 aromatic heterocycles. The fourth-order valence-corrected chi connectivity index (χ4v) is 14.5. The number of piperidine rings is 2. The normalized spacial score (nSPS) is 13.2. The third-order valence-electron chi connectivity index (χ3n) is 22.8. The second-order valence-electron chi connectivity index (χ2n) is 32.9. The first-order valence-corrected chi connectivity index (χ1v) is 44.4. The lowest BCUT2D eigenvalue weighted by Crippen LogP contribution is -2.30. The Morgan fingerprint density at radius 3 is 0.935 bits per heavy atom. The quantitative estimate of drug-likeness (QED) is 0.00787. The summed E-state index contributed by atoms with van der Waals surface area (Å²) >= 11 is 0. The number of amides is 7. The Kier molecular flexibility index (Phi) is 55.5. The van der Waals surface area contributed by atoms with Crippen molar-refractivity contribution < 1.29 is 102 Å². The summed E-state index contributed by atoms with van der Waals surface area (Å²) in [5.74, 6) is -7.79. The average Bonchev–Trinajstić information content (AvgIpc) is 1.63. The highest BCUT2D eigenvalue weighted by Gasteiger charge is 2.39. The molecule has 0 unspecified atom stereocenters. The van der Waals surface area contributed by atoms with Crippen LogP contribution in [0.1, 0.15) is 327 Å². The number of hydrogen-bond acceptors (Lipinski definition) is 24. The van der Waals surface area contributed by atoms with E-state index in [0.29, 0.717) is 156 Å². The van der Waals surface area contributed by atoms with E-state index in [9.17, 15) is 72.2 Å². The van der Waals surface area contributed by atoms with E-state index in [2.05, 4.69) is 26.8 Å². The van der Waals surface area contributed by atoms with Crippen molar-refractivity contribution in [1.29, 1.82) is 0 Å². The summed E-state index contributed by atoms with van der Waals surface area (Å²) in [6, 6.07) is 37.9. The number of phenols is 1. The molecule has 0 radical (unpaired) electrons. The van der Waals surface area contributed by atoms with Crippen molar-refractivity contribution in [2.24, 2.45) is 5.73 Å². The lowest BCUT2D eigenvalue weighted by Gasteiger charge is -2.26. The zero-order chi connectivity index (χ0) is 98.5. The highest BCUT2D eigenvalue weighted by molar-refractivity contribution is 6.23. The number of carbonyl (C=O) groups is 14. The fraction of sp³-hybridized carbons (Fsp3) is 0.415. The number of aryl methyl sites for hydroxylation is 8. The minimum Gasteiger partial charge on any atom is -0.508 e. The van der Waals surface area contributed by atoms with Gasteiger partial charge in [-0.05, 0) is 313 Å². The number of nitrogens with two attached hydrogens (primary N) is 6. The number of aliphatic carboxylic acids is 3. The van der Waals surface area contributed by atoms with Crippen molar-refractivity contribution in [3.05, 3.63) is 239 Å². The summed E-state index contributed by atoms with van der Waals surface area (Å²) in [5.41, 5.74) is 47.3. The molecule has 19 N–H and O–H groups in total. The van der Waals surface area contributed by atoms with Crippen LogP contribution in [0, 0.1) is 55.4 Å². The molecule has 0 atom stereocenters. The van der Waals surface area contributed by atoms with Gasteiger partial charge in [0.15, 0.2) is 0 Å². The predicted molar refractivity (Wildman–Crippen MR) is 549 cm³/mol. The molecule has 8 aromatic rings. The van der Waals surface area contributed by atoms with Crippen molar-refractivity contribution in [2.45, 2.75) is 235 Å². The minimum absolute atomic E-state index is 0. The smallest absolute Gasteiger partial charge is 0.346 e. The van der Waals surface area contributed by atoms with E-state index in [-0.39, 0.29) is 141 Å². The van der Waals surface area contributed by atoms with Crippen LogP contribution in [0.3, 0.4) is 0 Å². The SMILES string of the molecule is C.C.C.C.C.C.CCN1CCCCC1.Cc1cc(C(=O)O)c(C(=O)O)cc1C.Cc1cc2c(cc1C)C(=O)N(CCCCC(=O)Nc1ccccc1N)C2=O.Cc1cc2c(cc1C)C(=O)N(CCCCC(=O)O)C2=O.Cc1cc2c(cc1C)C(=O)OC2=O.NCCCCC(=O)O.Nc1ccccc1N.Nc1ccccc1N.O=C(O)CCCCCN1C(=O)c2cc(O)c(CN3CCCCC3)cc2C1=O. The number of fused-ring (bicyclic) bond motifs is 4. The van der Waals surface area contributed by atoms with E-state index in [1.165, 1.54) is 78.2 Å². The molecule has 2 saturated heterocycles. The number of carboxylic acids is 5. The first-order valence-electron chi connectivity index (χ1n) is 44.4. The molecule has 139 heavy (non-hydrogen) atoms. The molecular weight excluding hydrogens is 1780 g/mol. The van der Waals surface area contributed by atoms with E-state index in [4.69, 9.17) is 59.9 Å². The first-order chi connectivity index (χ1) is 63.1. The van der Waals surface area contributed by atoms with Gasteiger partial charge in [-0.25, -0.2) is 19.2 Å². The molecule has 6 heterocycles. The number of para-hydroxylation sites is 6. The summed E-state index contributed by atoms with van der Waals surface area (Å²) in [5, 5.41) is 55.9. The molecule has 14 rings (SSSR count). The number of carboxylic acid groups (broad SMARTS) is 5. The Bertz CT molecular complexity index is 5280. The Labute approximate surface area is 819 Å². The van der Waals surface area contributed by atoms with Gasteiger partial charge in [0.05, 0.1) is 89.8 Å². The van der Waals surface area contributed by atoms with Crippen LogP contribution in [-0.2, 0) is 30.5 Å². The average molecular weight is 1930 g/mol. The molecular formula is C106H150N12O21. The number of aromatic hydroxyl groups is 1. The van der Waals surface area contributed by atoms with Gasteiger partial charge in [-0.15, -0.1) is 0 Å². The molecule has 8 aromatic carbocycles. The standard InChI is InChI=1S/C21H23N3O3.C20H26N2O5.C15H17NO4.C10H10O4.C10H8O3.C7H15N.2C6H8N2.C5H11NO2.6CH4/c1-13-11-15-16(12-14(13)2)21(27)24(20(15)26)10-6-5-9-19(25)23-18-8-4-3-7-17(18)22;23-17-12-16-15(11-14(17)13-21-8-4-2-5-9-21)19(26)22(20(16)27)10-6-1-3-7-18(24)25;1-9-7-11-12(8-10(9)2)15(20)16(14(11)19)6-4-3-5-13(17)18;1-5-3-7(9(11)12)8(10(13)14)4-6(5)2;1-5-3-7-8(4-6(5)2)10(12)13-9(7)11;1-2-8-6-4-3-5-7-8;2*7-5-3-1-2-4-6(5)8;6-4-2-1-3-5(7)8;;;;;;/h3-4,7-8,11-12H,5-6,9-10,22H2,1-2H3,(H,23,25);11-12,23H,1-10,13H2,(H,24,25);7-8H,3-6H2,1-2H3,(H,17,18);3-4H,1-2H3,(H,11,12)(H,13,14);3-4H,1-2H3;2-7H2,1H3;2*1-4H,7-8H2;1-4,6H2,(H,7,8);6*1H4. The van der Waals surface area contributed by atoms with E-state index in [1.54, 1.807) is 105 Å². The predicted octanol–water partition coefficient (Wildman–Crippen LogP) is 18.6. The molecule has 2 fully saturated rings. The number of nitrogens with one attached hydrogen (secondary N) is 1. The van der Waals surface area contributed by atoms with Crippen molar-refractivity contribution in [1.82, 2.24) is 24.5 Å². The number of cyclic esters (lactones) is 2. The number of ether oxygens (including phenoxy) is 1. The third kappa shape index (κ3) is 38.0. The van der Waals surface area contributed by atoms with Crippen molar-refractivity contribution in [2.75, 3.05) is 92.9 Å². The zero-order valence-corrected chi connectivity index (χ0v) is 77.2. The lowest BCUT2D eigenvalue weighted by atomic mass is 10.00.